The average molecular weight is 401 g/mol. The van der Waals surface area contributed by atoms with Gasteiger partial charge in [-0.2, -0.15) is 0 Å². The number of aliphatic hydroxyl groups excluding tert-OH is 2. The quantitative estimate of drug-likeness (QED) is 0.281. The van der Waals surface area contributed by atoms with Crippen LogP contribution < -0.4 is 0 Å². The Kier molecular flexibility index (Phi) is 10.2. The highest BCUT2D eigenvalue weighted by molar-refractivity contribution is 5.69. The summed E-state index contributed by atoms with van der Waals surface area (Å²) in [4.78, 5) is 11.1. The van der Waals surface area contributed by atoms with Gasteiger partial charge >= 0.3 is 5.97 Å². The Balaban J connectivity index is 1.89. The summed E-state index contributed by atoms with van der Waals surface area (Å²) in [6, 6.07) is 8.09. The van der Waals surface area contributed by atoms with E-state index in [1.54, 1.807) is 0 Å². The van der Waals surface area contributed by atoms with Crippen molar-refractivity contribution in [1.29, 1.82) is 0 Å². The van der Waals surface area contributed by atoms with Crippen LogP contribution in [-0.2, 0) is 9.53 Å². The lowest BCUT2D eigenvalue weighted by Gasteiger charge is -2.20. The molecule has 4 heteroatoms. The second kappa shape index (κ2) is 12.6. The van der Waals surface area contributed by atoms with Crippen LogP contribution in [0.5, 0.6) is 0 Å². The van der Waals surface area contributed by atoms with Crippen molar-refractivity contribution in [3.63, 3.8) is 0 Å². The lowest BCUT2D eigenvalue weighted by Crippen LogP contribution is -2.14. The second-order valence-electron chi connectivity index (χ2n) is 7.88. The number of aliphatic hydroxyl groups is 2. The number of ether oxygens (including phenoxy) is 1. The largest absolute Gasteiger partial charge is 0.469 e. The van der Waals surface area contributed by atoms with Crippen LogP contribution in [0.4, 0.5) is 0 Å². The van der Waals surface area contributed by atoms with E-state index in [1.807, 2.05) is 24.3 Å². The third-order valence-electron chi connectivity index (χ3n) is 5.67. The molecule has 0 aliphatic heterocycles. The average Bonchev–Trinajstić information content (AvgIpc) is 3.10. The highest BCUT2D eigenvalue weighted by Gasteiger charge is 2.28. The molecule has 1 aromatic carbocycles. The highest BCUT2D eigenvalue weighted by atomic mass is 16.5. The minimum Gasteiger partial charge on any atom is -0.469 e. The van der Waals surface area contributed by atoms with Gasteiger partial charge in [0.2, 0.25) is 0 Å². The van der Waals surface area contributed by atoms with Crippen LogP contribution >= 0.6 is 0 Å². The van der Waals surface area contributed by atoms with Crippen molar-refractivity contribution < 1.29 is 19.7 Å². The summed E-state index contributed by atoms with van der Waals surface area (Å²) in [5, 5.41) is 20.8. The lowest BCUT2D eigenvalue weighted by molar-refractivity contribution is -0.140. The fourth-order valence-corrected chi connectivity index (χ4v) is 3.91. The van der Waals surface area contributed by atoms with E-state index in [2.05, 4.69) is 29.9 Å². The standard InChI is InChI=1S/C25H36O4/c1-3-4-7-11-22(26)19-13-15-21(16-14-19)25-20(17-18-23(25)27)10-8-5-6-9-12-24(28)29-2/h5,8,13-17,22-23,25-27H,3-4,6-7,9-12,18H2,1-2H3/b8-5-/t22?,23-,25-/m1/s1. The molecule has 0 fully saturated rings. The van der Waals surface area contributed by atoms with E-state index in [0.29, 0.717) is 12.8 Å². The SMILES string of the molecule is CCCCCC(O)c1ccc([C@H]2C(C/C=C\CCCC(=O)OC)=CC[C@H]2O)cc1. The maximum absolute atomic E-state index is 11.1. The predicted octanol–water partition coefficient (Wildman–Crippen LogP) is 5.36. The topological polar surface area (TPSA) is 66.8 Å². The predicted molar refractivity (Wildman–Crippen MR) is 117 cm³/mol. The molecule has 0 spiro atoms. The van der Waals surface area contributed by atoms with Crippen LogP contribution in [0, 0.1) is 0 Å². The van der Waals surface area contributed by atoms with E-state index in [9.17, 15) is 15.0 Å². The summed E-state index contributed by atoms with van der Waals surface area (Å²) in [6.07, 6.45) is 13.3. The van der Waals surface area contributed by atoms with Crippen molar-refractivity contribution in [2.75, 3.05) is 7.11 Å². The van der Waals surface area contributed by atoms with Gasteiger partial charge < -0.3 is 14.9 Å². The molecule has 1 aliphatic carbocycles. The van der Waals surface area contributed by atoms with Gasteiger partial charge in [0, 0.05) is 12.3 Å². The first-order valence-corrected chi connectivity index (χ1v) is 10.9. The molecule has 3 atom stereocenters. The van der Waals surface area contributed by atoms with Gasteiger partial charge in [-0.25, -0.2) is 0 Å². The maximum atomic E-state index is 11.1. The Morgan fingerprint density at radius 1 is 1.21 bits per heavy atom. The number of benzene rings is 1. The molecule has 29 heavy (non-hydrogen) atoms. The van der Waals surface area contributed by atoms with Gasteiger partial charge in [-0.1, -0.05) is 74.3 Å². The van der Waals surface area contributed by atoms with Crippen molar-refractivity contribution in [3.8, 4) is 0 Å². The number of carbonyl (C=O) groups is 1. The summed E-state index contributed by atoms with van der Waals surface area (Å²) in [5.41, 5.74) is 3.29. The number of rotatable bonds is 12. The number of methoxy groups -OCH3 is 1. The van der Waals surface area contributed by atoms with E-state index >= 15 is 0 Å². The van der Waals surface area contributed by atoms with Crippen molar-refractivity contribution >= 4 is 5.97 Å². The Bertz CT molecular complexity index is 675. The van der Waals surface area contributed by atoms with E-state index < -0.39 is 12.2 Å². The molecule has 1 aliphatic rings. The molecule has 0 saturated heterocycles. The minimum atomic E-state index is -0.410. The number of allylic oxidation sites excluding steroid dienone is 2. The van der Waals surface area contributed by atoms with E-state index in [-0.39, 0.29) is 11.9 Å². The van der Waals surface area contributed by atoms with Crippen molar-refractivity contribution in [2.24, 2.45) is 0 Å². The number of hydrogen-bond acceptors (Lipinski definition) is 4. The van der Waals surface area contributed by atoms with Crippen LogP contribution in [0.2, 0.25) is 0 Å². The maximum Gasteiger partial charge on any atom is 0.305 e. The normalized spacial score (nSPS) is 20.1. The third-order valence-corrected chi connectivity index (χ3v) is 5.67. The molecule has 1 unspecified atom stereocenters. The van der Waals surface area contributed by atoms with E-state index in [1.165, 1.54) is 12.7 Å². The van der Waals surface area contributed by atoms with Gasteiger partial charge in [-0.05, 0) is 43.2 Å². The monoisotopic (exact) mass is 400 g/mol. The van der Waals surface area contributed by atoms with Gasteiger partial charge in [-0.15, -0.1) is 0 Å². The first kappa shape index (κ1) is 23.4. The van der Waals surface area contributed by atoms with E-state index in [0.717, 1.165) is 56.1 Å². The van der Waals surface area contributed by atoms with Gasteiger partial charge in [0.15, 0.2) is 0 Å². The summed E-state index contributed by atoms with van der Waals surface area (Å²) in [6.45, 7) is 2.16. The molecule has 2 N–H and O–H groups in total. The molecule has 0 heterocycles. The van der Waals surface area contributed by atoms with Gasteiger partial charge in [0.25, 0.3) is 0 Å². The first-order valence-electron chi connectivity index (χ1n) is 10.9. The fourth-order valence-electron chi connectivity index (χ4n) is 3.91. The highest BCUT2D eigenvalue weighted by Crippen LogP contribution is 2.38. The van der Waals surface area contributed by atoms with Crippen molar-refractivity contribution in [3.05, 3.63) is 59.2 Å². The molecule has 0 amide bonds. The van der Waals surface area contributed by atoms with Crippen LogP contribution in [0.15, 0.2) is 48.1 Å². The molecule has 2 rings (SSSR count). The van der Waals surface area contributed by atoms with Gasteiger partial charge in [-0.3, -0.25) is 4.79 Å². The van der Waals surface area contributed by atoms with Gasteiger partial charge in [0.1, 0.15) is 0 Å². The summed E-state index contributed by atoms with van der Waals surface area (Å²) in [5.74, 6) is -0.153. The fraction of sp³-hybridized carbons (Fsp3) is 0.560. The van der Waals surface area contributed by atoms with Crippen molar-refractivity contribution in [1.82, 2.24) is 0 Å². The van der Waals surface area contributed by atoms with Crippen LogP contribution in [0.3, 0.4) is 0 Å². The van der Waals surface area contributed by atoms with Crippen LogP contribution in [-0.4, -0.2) is 29.4 Å². The Hall–Kier alpha value is -1.91. The molecule has 0 radical (unpaired) electrons. The number of esters is 1. The zero-order valence-electron chi connectivity index (χ0n) is 17.8. The zero-order valence-corrected chi connectivity index (χ0v) is 17.8. The first-order chi connectivity index (χ1) is 14.1. The zero-order chi connectivity index (χ0) is 21.1. The molecular formula is C25H36O4. The van der Waals surface area contributed by atoms with Gasteiger partial charge in [0.05, 0.1) is 19.3 Å². The molecule has 0 saturated carbocycles. The molecular weight excluding hydrogens is 364 g/mol. The number of unbranched alkanes of at least 4 members (excludes halogenated alkanes) is 3. The number of hydrogen-bond donors (Lipinski definition) is 2. The smallest absolute Gasteiger partial charge is 0.305 e. The Morgan fingerprint density at radius 3 is 2.66 bits per heavy atom. The minimum absolute atomic E-state index is 0.0148. The number of carbonyl (C=O) groups excluding carboxylic acids is 1. The van der Waals surface area contributed by atoms with Crippen LogP contribution in [0.1, 0.15) is 87.9 Å². The molecule has 0 aromatic heterocycles. The molecule has 1 aromatic rings. The van der Waals surface area contributed by atoms with E-state index in [4.69, 9.17) is 0 Å². The molecule has 4 nitrogen and oxygen atoms in total. The second-order valence-corrected chi connectivity index (χ2v) is 7.88. The Labute approximate surface area is 175 Å². The lowest BCUT2D eigenvalue weighted by atomic mass is 9.88. The third kappa shape index (κ3) is 7.45. The summed E-state index contributed by atoms with van der Waals surface area (Å²) >= 11 is 0. The van der Waals surface area contributed by atoms with Crippen molar-refractivity contribution in [2.45, 2.75) is 82.8 Å². The van der Waals surface area contributed by atoms with Crippen LogP contribution in [0.25, 0.3) is 0 Å². The summed E-state index contributed by atoms with van der Waals surface area (Å²) in [7, 11) is 1.41. The summed E-state index contributed by atoms with van der Waals surface area (Å²) < 4.78 is 4.64. The Morgan fingerprint density at radius 2 is 1.97 bits per heavy atom. The molecule has 0 bridgehead atoms. The molecule has 160 valence electrons.